The summed E-state index contributed by atoms with van der Waals surface area (Å²) in [5.74, 6) is 0.500. The molecule has 3 aromatic rings. The number of aromatic nitrogens is 2. The van der Waals surface area contributed by atoms with Gasteiger partial charge in [0.2, 0.25) is 0 Å². The zero-order valence-corrected chi connectivity index (χ0v) is 13.1. The van der Waals surface area contributed by atoms with Gasteiger partial charge in [-0.15, -0.1) is 11.3 Å². The van der Waals surface area contributed by atoms with Gasteiger partial charge >= 0.3 is 0 Å². The monoisotopic (exact) mass is 372 g/mol. The fourth-order valence-electron chi connectivity index (χ4n) is 1.64. The predicted octanol–water partition coefficient (Wildman–Crippen LogP) is 4.83. The normalized spacial score (nSPS) is 10.9. The molecule has 0 fully saturated rings. The summed E-state index contributed by atoms with van der Waals surface area (Å²) in [6.45, 7) is 0.134. The lowest BCUT2D eigenvalue weighted by Gasteiger charge is -2.06. The number of halogens is 3. The quantitative estimate of drug-likeness (QED) is 0.617. The average molecular weight is 374 g/mol. The van der Waals surface area contributed by atoms with E-state index in [1.165, 1.54) is 17.4 Å². The minimum absolute atomic E-state index is 0.134. The van der Waals surface area contributed by atoms with Gasteiger partial charge < -0.3 is 4.74 Å². The van der Waals surface area contributed by atoms with Crippen molar-refractivity contribution >= 4 is 49.1 Å². The van der Waals surface area contributed by atoms with Crippen LogP contribution in [0.1, 0.15) is 5.82 Å². The fraction of sp³-hybridized carbons (Fsp3) is 0.0769. The largest absolute Gasteiger partial charge is 0.486 e. The molecule has 0 aliphatic carbocycles. The van der Waals surface area contributed by atoms with Crippen molar-refractivity contribution in [2.24, 2.45) is 0 Å². The highest BCUT2D eigenvalue weighted by Gasteiger charge is 2.08. The lowest BCUT2D eigenvalue weighted by molar-refractivity contribution is 0.295. The number of hydrogen-bond donors (Lipinski definition) is 0. The molecule has 102 valence electrons. The minimum Gasteiger partial charge on any atom is -0.486 e. The highest BCUT2D eigenvalue weighted by atomic mass is 79.9. The summed E-state index contributed by atoms with van der Waals surface area (Å²) in [5.41, 5.74) is 0. The van der Waals surface area contributed by atoms with Crippen LogP contribution in [0.4, 0.5) is 4.39 Å². The van der Waals surface area contributed by atoms with Crippen molar-refractivity contribution in [2.75, 3.05) is 0 Å². The maximum absolute atomic E-state index is 13.4. The van der Waals surface area contributed by atoms with E-state index in [9.17, 15) is 4.39 Å². The van der Waals surface area contributed by atoms with Gasteiger partial charge in [0, 0.05) is 11.5 Å². The number of nitrogens with zero attached hydrogens (tertiary/aromatic N) is 2. The standard InChI is InChI=1S/C13H7BrClFN2OS/c14-9-2-1-7(5-10(9)16)19-6-11-17-12(15)8-3-4-20-13(8)18-11/h1-5H,6H2. The van der Waals surface area contributed by atoms with Crippen LogP contribution in [0.2, 0.25) is 5.15 Å². The molecule has 0 aliphatic heterocycles. The molecule has 3 rings (SSSR count). The van der Waals surface area contributed by atoms with Gasteiger partial charge in [0.15, 0.2) is 5.82 Å². The van der Waals surface area contributed by atoms with Crippen LogP contribution in [-0.4, -0.2) is 9.97 Å². The summed E-state index contributed by atoms with van der Waals surface area (Å²) < 4.78 is 19.2. The van der Waals surface area contributed by atoms with Crippen molar-refractivity contribution in [1.29, 1.82) is 0 Å². The van der Waals surface area contributed by atoms with Crippen molar-refractivity contribution < 1.29 is 9.13 Å². The number of hydrogen-bond acceptors (Lipinski definition) is 4. The second-order valence-corrected chi connectivity index (χ2v) is 6.04. The van der Waals surface area contributed by atoms with E-state index >= 15 is 0 Å². The second-order valence-electron chi connectivity index (χ2n) is 3.93. The van der Waals surface area contributed by atoms with Crippen molar-refractivity contribution in [1.82, 2.24) is 9.97 Å². The molecule has 0 spiro atoms. The first-order chi connectivity index (χ1) is 9.63. The molecule has 0 N–H and O–H groups in total. The average Bonchev–Trinajstić information content (AvgIpc) is 2.89. The number of benzene rings is 1. The van der Waals surface area contributed by atoms with Gasteiger partial charge in [0.1, 0.15) is 28.2 Å². The highest BCUT2D eigenvalue weighted by Crippen LogP contribution is 2.25. The Labute approximate surface area is 131 Å². The first kappa shape index (κ1) is 13.7. The lowest BCUT2D eigenvalue weighted by atomic mass is 10.3. The van der Waals surface area contributed by atoms with E-state index in [4.69, 9.17) is 16.3 Å². The van der Waals surface area contributed by atoms with E-state index in [1.54, 1.807) is 12.1 Å². The predicted molar refractivity (Wildman–Crippen MR) is 80.9 cm³/mol. The van der Waals surface area contributed by atoms with Crippen LogP contribution in [0.3, 0.4) is 0 Å². The molecule has 2 heterocycles. The summed E-state index contributed by atoms with van der Waals surface area (Å²) in [6.07, 6.45) is 0. The second kappa shape index (κ2) is 5.63. The molecule has 0 bridgehead atoms. The van der Waals surface area contributed by atoms with Crippen LogP contribution in [0.5, 0.6) is 5.75 Å². The Hall–Kier alpha value is -1.24. The first-order valence-electron chi connectivity index (χ1n) is 5.61. The van der Waals surface area contributed by atoms with Crippen LogP contribution in [0.15, 0.2) is 34.1 Å². The Kier molecular flexibility index (Phi) is 3.87. The maximum atomic E-state index is 13.4. The van der Waals surface area contributed by atoms with Gasteiger partial charge in [-0.2, -0.15) is 0 Å². The molecule has 0 atom stereocenters. The Morgan fingerprint density at radius 3 is 2.95 bits per heavy atom. The van der Waals surface area contributed by atoms with E-state index in [1.807, 2.05) is 11.4 Å². The van der Waals surface area contributed by atoms with E-state index in [-0.39, 0.29) is 12.4 Å². The van der Waals surface area contributed by atoms with Gasteiger partial charge in [-0.3, -0.25) is 0 Å². The molecule has 0 saturated heterocycles. The molecular formula is C13H7BrClFN2OS. The molecule has 2 aromatic heterocycles. The Morgan fingerprint density at radius 2 is 2.15 bits per heavy atom. The highest BCUT2D eigenvalue weighted by molar-refractivity contribution is 9.10. The molecule has 7 heteroatoms. The van der Waals surface area contributed by atoms with Crippen molar-refractivity contribution in [3.05, 3.63) is 50.9 Å². The van der Waals surface area contributed by atoms with Crippen LogP contribution >= 0.6 is 38.9 Å². The molecule has 0 amide bonds. The van der Waals surface area contributed by atoms with Gasteiger partial charge in [-0.25, -0.2) is 14.4 Å². The first-order valence-corrected chi connectivity index (χ1v) is 7.66. The van der Waals surface area contributed by atoms with Crippen molar-refractivity contribution in [3.63, 3.8) is 0 Å². The van der Waals surface area contributed by atoms with E-state index in [0.717, 1.165) is 10.2 Å². The topological polar surface area (TPSA) is 35.0 Å². The van der Waals surface area contributed by atoms with Crippen LogP contribution < -0.4 is 4.74 Å². The molecule has 20 heavy (non-hydrogen) atoms. The Balaban J connectivity index is 1.80. The summed E-state index contributed by atoms with van der Waals surface area (Å²) in [6, 6.07) is 6.42. The van der Waals surface area contributed by atoms with E-state index in [2.05, 4.69) is 25.9 Å². The third-order valence-electron chi connectivity index (χ3n) is 2.58. The third kappa shape index (κ3) is 2.77. The van der Waals surface area contributed by atoms with Gasteiger partial charge in [0.05, 0.1) is 4.47 Å². The Morgan fingerprint density at radius 1 is 1.30 bits per heavy atom. The molecule has 0 saturated carbocycles. The molecule has 0 aliphatic rings. The molecule has 3 nitrogen and oxygen atoms in total. The van der Waals surface area contributed by atoms with Crippen LogP contribution in [0, 0.1) is 5.82 Å². The maximum Gasteiger partial charge on any atom is 0.169 e. The number of ether oxygens (including phenoxy) is 1. The third-order valence-corrected chi connectivity index (χ3v) is 4.32. The molecule has 1 aromatic carbocycles. The van der Waals surface area contributed by atoms with E-state index in [0.29, 0.717) is 21.2 Å². The number of fused-ring (bicyclic) bond motifs is 1. The summed E-state index contributed by atoms with van der Waals surface area (Å²) in [5, 5.41) is 3.13. The minimum atomic E-state index is -0.379. The summed E-state index contributed by atoms with van der Waals surface area (Å²) in [4.78, 5) is 9.32. The van der Waals surface area contributed by atoms with Gasteiger partial charge in [-0.05, 0) is 39.5 Å². The lowest BCUT2D eigenvalue weighted by Crippen LogP contribution is -2.01. The molecular weight excluding hydrogens is 367 g/mol. The zero-order valence-electron chi connectivity index (χ0n) is 9.94. The number of rotatable bonds is 3. The fourth-order valence-corrected chi connectivity index (χ4v) is 2.98. The Bertz CT molecular complexity index is 780. The zero-order chi connectivity index (χ0) is 14.1. The van der Waals surface area contributed by atoms with E-state index < -0.39 is 0 Å². The number of thiophene rings is 1. The van der Waals surface area contributed by atoms with Gasteiger partial charge in [0.25, 0.3) is 0 Å². The van der Waals surface area contributed by atoms with Crippen LogP contribution in [0.25, 0.3) is 10.2 Å². The van der Waals surface area contributed by atoms with Crippen LogP contribution in [-0.2, 0) is 6.61 Å². The van der Waals surface area contributed by atoms with Crippen molar-refractivity contribution in [3.8, 4) is 5.75 Å². The SMILES string of the molecule is Fc1cc(OCc2nc(Cl)c3ccsc3n2)ccc1Br. The summed E-state index contributed by atoms with van der Waals surface area (Å²) in [7, 11) is 0. The summed E-state index contributed by atoms with van der Waals surface area (Å²) >= 11 is 10.6. The molecule has 0 radical (unpaired) electrons. The molecule has 0 unspecified atom stereocenters. The van der Waals surface area contributed by atoms with Crippen molar-refractivity contribution in [2.45, 2.75) is 6.61 Å². The smallest absolute Gasteiger partial charge is 0.169 e. The van der Waals surface area contributed by atoms with Gasteiger partial charge in [-0.1, -0.05) is 11.6 Å².